The number of carboxylic acids is 1. The molecule has 1 heterocycles. The van der Waals surface area contributed by atoms with Crippen LogP contribution in [0.3, 0.4) is 0 Å². The van der Waals surface area contributed by atoms with E-state index in [1.165, 1.54) is 11.3 Å². The van der Waals surface area contributed by atoms with Crippen LogP contribution in [0.15, 0.2) is 29.6 Å². The number of nitrogens with one attached hydrogen (secondary N) is 1. The van der Waals surface area contributed by atoms with E-state index in [4.69, 9.17) is 15.6 Å². The molecule has 0 saturated heterocycles. The Morgan fingerprint density at radius 1 is 1.25 bits per heavy atom. The number of rotatable bonds is 4. The van der Waals surface area contributed by atoms with Gasteiger partial charge in [-0.15, -0.1) is 11.3 Å². The molecule has 0 radical (unpaired) electrons. The molecule has 0 fully saturated rings. The van der Waals surface area contributed by atoms with Gasteiger partial charge in [0.15, 0.2) is 0 Å². The van der Waals surface area contributed by atoms with Gasteiger partial charge in [-0.3, -0.25) is 0 Å². The number of hydrogen-bond acceptors (Lipinski definition) is 5. The monoisotopic (exact) mass is 283 g/mol. The van der Waals surface area contributed by atoms with Gasteiger partial charge in [-0.25, -0.2) is 4.79 Å². The van der Waals surface area contributed by atoms with Gasteiger partial charge in [0.1, 0.15) is 17.0 Å². The van der Waals surface area contributed by atoms with E-state index in [2.05, 4.69) is 5.32 Å². The fourth-order valence-corrected chi connectivity index (χ4v) is 2.46. The Bertz CT molecular complexity index is 738. The van der Waals surface area contributed by atoms with Crippen LogP contribution in [0.25, 0.3) is 0 Å². The fraction of sp³-hybridized carbons (Fsp3) is 0.0714. The summed E-state index contributed by atoms with van der Waals surface area (Å²) in [5.74, 6) is -0.950. The van der Waals surface area contributed by atoms with Gasteiger partial charge in [0, 0.05) is 12.2 Å². The van der Waals surface area contributed by atoms with E-state index in [-0.39, 0.29) is 0 Å². The van der Waals surface area contributed by atoms with E-state index < -0.39 is 5.97 Å². The molecule has 98 valence electrons. The lowest BCUT2D eigenvalue weighted by molar-refractivity contribution is 0.0701. The van der Waals surface area contributed by atoms with Gasteiger partial charge in [-0.1, -0.05) is 0 Å². The topological polar surface area (TPSA) is 96.9 Å². The van der Waals surface area contributed by atoms with Crippen LogP contribution in [0.5, 0.6) is 0 Å². The maximum absolute atomic E-state index is 11.0. The third-order valence-electron chi connectivity index (χ3n) is 2.68. The minimum atomic E-state index is -0.950. The average Bonchev–Trinajstić information content (AvgIpc) is 2.93. The van der Waals surface area contributed by atoms with Crippen molar-refractivity contribution in [3.8, 4) is 12.1 Å². The third kappa shape index (κ3) is 2.77. The Kier molecular flexibility index (Phi) is 3.99. The number of nitriles is 2. The molecule has 0 aliphatic carbocycles. The van der Waals surface area contributed by atoms with E-state index >= 15 is 0 Å². The summed E-state index contributed by atoms with van der Waals surface area (Å²) in [6.45, 7) is 0.349. The van der Waals surface area contributed by atoms with Crippen LogP contribution in [-0.2, 0) is 6.54 Å². The van der Waals surface area contributed by atoms with Gasteiger partial charge < -0.3 is 10.4 Å². The zero-order chi connectivity index (χ0) is 14.5. The molecule has 6 heteroatoms. The maximum atomic E-state index is 11.0. The normalized spacial score (nSPS) is 9.50. The summed E-state index contributed by atoms with van der Waals surface area (Å²) in [7, 11) is 0. The second-order valence-electron chi connectivity index (χ2n) is 3.92. The van der Waals surface area contributed by atoms with Crippen molar-refractivity contribution in [3.63, 3.8) is 0 Å². The second-order valence-corrected chi connectivity index (χ2v) is 4.83. The minimum Gasteiger partial charge on any atom is -0.477 e. The van der Waals surface area contributed by atoms with Gasteiger partial charge in [0.05, 0.1) is 11.1 Å². The van der Waals surface area contributed by atoms with E-state index in [1.54, 1.807) is 29.6 Å². The number of anilines is 1. The van der Waals surface area contributed by atoms with E-state index in [0.717, 1.165) is 0 Å². The van der Waals surface area contributed by atoms with Crippen molar-refractivity contribution in [1.82, 2.24) is 0 Å². The molecule has 0 bridgehead atoms. The van der Waals surface area contributed by atoms with E-state index in [1.807, 2.05) is 12.1 Å². The molecule has 0 spiro atoms. The second kappa shape index (κ2) is 5.87. The molecule has 2 N–H and O–H groups in total. The average molecular weight is 283 g/mol. The molecule has 2 aromatic rings. The molecule has 0 aliphatic heterocycles. The van der Waals surface area contributed by atoms with E-state index in [0.29, 0.717) is 33.8 Å². The molecule has 1 aromatic carbocycles. The Morgan fingerprint density at radius 3 is 2.65 bits per heavy atom. The van der Waals surface area contributed by atoms with Gasteiger partial charge in [-0.05, 0) is 35.2 Å². The SMILES string of the molecule is N#Cc1ccc(NCc2ccsc2C(=O)O)cc1C#N. The van der Waals surface area contributed by atoms with Crippen molar-refractivity contribution in [3.05, 3.63) is 51.2 Å². The first-order valence-corrected chi connectivity index (χ1v) is 6.51. The van der Waals surface area contributed by atoms with Crippen LogP contribution in [-0.4, -0.2) is 11.1 Å². The molecule has 0 amide bonds. The van der Waals surface area contributed by atoms with Crippen molar-refractivity contribution in [2.75, 3.05) is 5.32 Å². The fourth-order valence-electron chi connectivity index (χ4n) is 1.70. The smallest absolute Gasteiger partial charge is 0.346 e. The summed E-state index contributed by atoms with van der Waals surface area (Å²) in [4.78, 5) is 11.3. The highest BCUT2D eigenvalue weighted by atomic mass is 32.1. The maximum Gasteiger partial charge on any atom is 0.346 e. The molecule has 20 heavy (non-hydrogen) atoms. The van der Waals surface area contributed by atoms with Crippen molar-refractivity contribution >= 4 is 23.0 Å². The zero-order valence-electron chi connectivity index (χ0n) is 10.3. The van der Waals surface area contributed by atoms with Crippen LogP contribution in [0.2, 0.25) is 0 Å². The molecule has 1 aromatic heterocycles. The molecule has 0 atom stereocenters. The van der Waals surface area contributed by atoms with Crippen LogP contribution >= 0.6 is 11.3 Å². The van der Waals surface area contributed by atoms with Crippen molar-refractivity contribution in [1.29, 1.82) is 10.5 Å². The van der Waals surface area contributed by atoms with Gasteiger partial charge in [0.2, 0.25) is 0 Å². The van der Waals surface area contributed by atoms with E-state index in [9.17, 15) is 4.79 Å². The van der Waals surface area contributed by atoms with Crippen LogP contribution in [0.1, 0.15) is 26.4 Å². The summed E-state index contributed by atoms with van der Waals surface area (Å²) >= 11 is 1.17. The Hall–Kier alpha value is -2.83. The standard InChI is InChI=1S/C14H9N3O2S/c15-6-9-1-2-12(5-11(9)7-16)17-8-10-3-4-20-13(10)14(18)19/h1-5,17H,8H2,(H,18,19). The molecule has 0 saturated carbocycles. The first-order chi connectivity index (χ1) is 9.65. The van der Waals surface area contributed by atoms with Crippen molar-refractivity contribution in [2.24, 2.45) is 0 Å². The minimum absolute atomic E-state index is 0.293. The highest BCUT2D eigenvalue weighted by molar-refractivity contribution is 7.12. The number of carboxylic acid groups (broad SMARTS) is 1. The number of hydrogen-bond donors (Lipinski definition) is 2. The van der Waals surface area contributed by atoms with Gasteiger partial charge in [0.25, 0.3) is 0 Å². The summed E-state index contributed by atoms with van der Waals surface area (Å²) in [6.07, 6.45) is 0. The Balaban J connectivity index is 2.16. The largest absolute Gasteiger partial charge is 0.477 e. The molecule has 2 rings (SSSR count). The van der Waals surface area contributed by atoms with Crippen LogP contribution in [0.4, 0.5) is 5.69 Å². The number of thiophene rings is 1. The van der Waals surface area contributed by atoms with Gasteiger partial charge in [-0.2, -0.15) is 10.5 Å². The molecular weight excluding hydrogens is 274 g/mol. The Labute approximate surface area is 119 Å². The highest BCUT2D eigenvalue weighted by Crippen LogP contribution is 2.20. The van der Waals surface area contributed by atoms with Gasteiger partial charge >= 0.3 is 5.97 Å². The summed E-state index contributed by atoms with van der Waals surface area (Å²) in [5.41, 5.74) is 1.97. The number of nitrogens with zero attached hydrogens (tertiary/aromatic N) is 2. The summed E-state index contributed by atoms with van der Waals surface area (Å²) in [5, 5.41) is 31.5. The van der Waals surface area contributed by atoms with Crippen LogP contribution < -0.4 is 5.32 Å². The summed E-state index contributed by atoms with van der Waals surface area (Å²) in [6, 6.07) is 10.5. The van der Waals surface area contributed by atoms with Crippen LogP contribution in [0, 0.1) is 22.7 Å². The third-order valence-corrected chi connectivity index (χ3v) is 3.63. The highest BCUT2D eigenvalue weighted by Gasteiger charge is 2.11. The molecule has 5 nitrogen and oxygen atoms in total. The summed E-state index contributed by atoms with van der Waals surface area (Å²) < 4.78 is 0. The molecule has 0 unspecified atom stereocenters. The lowest BCUT2D eigenvalue weighted by atomic mass is 10.1. The van der Waals surface area contributed by atoms with Crippen molar-refractivity contribution < 1.29 is 9.90 Å². The predicted molar refractivity (Wildman–Crippen MR) is 74.5 cm³/mol. The first kappa shape index (κ1) is 13.6. The lowest BCUT2D eigenvalue weighted by Gasteiger charge is -2.07. The lowest BCUT2D eigenvalue weighted by Crippen LogP contribution is -2.04. The number of aromatic carboxylic acids is 1. The predicted octanol–water partition coefficient (Wildman–Crippen LogP) is 2.80. The quantitative estimate of drug-likeness (QED) is 0.899. The molecular formula is C14H9N3O2S. The number of benzene rings is 1. The molecule has 0 aliphatic rings. The first-order valence-electron chi connectivity index (χ1n) is 5.63. The zero-order valence-corrected chi connectivity index (χ0v) is 11.1. The number of carbonyl (C=O) groups is 1. The van der Waals surface area contributed by atoms with Crippen molar-refractivity contribution in [2.45, 2.75) is 6.54 Å². The Morgan fingerprint density at radius 2 is 2.00 bits per heavy atom.